The molecule has 1 unspecified atom stereocenters. The van der Waals surface area contributed by atoms with Crippen LogP contribution < -0.4 is 0 Å². The molecule has 0 bridgehead atoms. The fourth-order valence-corrected chi connectivity index (χ4v) is 2.18. The number of hydrogen-bond donors (Lipinski definition) is 0. The van der Waals surface area contributed by atoms with Gasteiger partial charge in [-0.15, -0.1) is 0 Å². The van der Waals surface area contributed by atoms with Crippen LogP contribution in [0, 0.1) is 6.92 Å². The third kappa shape index (κ3) is 4.31. The molecule has 1 fully saturated rings. The zero-order chi connectivity index (χ0) is 13.7. The Morgan fingerprint density at radius 3 is 2.95 bits per heavy atom. The van der Waals surface area contributed by atoms with Gasteiger partial charge >= 0.3 is 0 Å². The minimum atomic E-state index is 0.0107. The van der Waals surface area contributed by atoms with Crippen molar-refractivity contribution in [3.05, 3.63) is 11.7 Å². The number of rotatable bonds is 5. The molecule has 19 heavy (non-hydrogen) atoms. The van der Waals surface area contributed by atoms with Gasteiger partial charge in [0.2, 0.25) is 11.8 Å². The number of hydrogen-bond acceptors (Lipinski definition) is 5. The van der Waals surface area contributed by atoms with Crippen LogP contribution in [0.5, 0.6) is 0 Å². The van der Waals surface area contributed by atoms with Gasteiger partial charge in [-0.25, -0.2) is 0 Å². The van der Waals surface area contributed by atoms with Gasteiger partial charge in [0.1, 0.15) is 0 Å². The van der Waals surface area contributed by atoms with E-state index in [1.165, 1.54) is 6.42 Å². The highest BCUT2D eigenvalue weighted by Crippen LogP contribution is 2.15. The molecule has 0 N–H and O–H groups in total. The monoisotopic (exact) mass is 267 g/mol. The van der Waals surface area contributed by atoms with Gasteiger partial charge in [0.05, 0.1) is 12.5 Å². The summed E-state index contributed by atoms with van der Waals surface area (Å²) in [4.78, 5) is 17.7. The quantitative estimate of drug-likeness (QED) is 0.805. The van der Waals surface area contributed by atoms with E-state index >= 15 is 0 Å². The van der Waals surface area contributed by atoms with E-state index in [2.05, 4.69) is 10.1 Å². The Labute approximate surface area is 113 Å². The van der Waals surface area contributed by atoms with Crippen LogP contribution in [0.15, 0.2) is 4.52 Å². The topological polar surface area (TPSA) is 68.5 Å². The van der Waals surface area contributed by atoms with E-state index in [4.69, 9.17) is 9.26 Å². The van der Waals surface area contributed by atoms with E-state index in [-0.39, 0.29) is 12.3 Å². The van der Waals surface area contributed by atoms with Crippen molar-refractivity contribution in [2.24, 2.45) is 0 Å². The maximum atomic E-state index is 12.0. The average molecular weight is 267 g/mol. The van der Waals surface area contributed by atoms with Gasteiger partial charge in [0, 0.05) is 27.1 Å². The smallest absolute Gasteiger partial charge is 0.230 e. The molecule has 1 aromatic heterocycles. The fraction of sp³-hybridized carbons (Fsp3) is 0.769. The molecule has 1 aliphatic heterocycles. The van der Waals surface area contributed by atoms with Gasteiger partial charge in [-0.2, -0.15) is 4.98 Å². The van der Waals surface area contributed by atoms with E-state index in [1.807, 2.05) is 0 Å². The Morgan fingerprint density at radius 1 is 1.47 bits per heavy atom. The number of ether oxygens (including phenoxy) is 1. The normalized spacial score (nSPS) is 19.4. The van der Waals surface area contributed by atoms with Gasteiger partial charge in [0.25, 0.3) is 0 Å². The van der Waals surface area contributed by atoms with Crippen LogP contribution in [0.4, 0.5) is 0 Å². The predicted molar refractivity (Wildman–Crippen MR) is 68.6 cm³/mol. The second kappa shape index (κ2) is 6.65. The Hall–Kier alpha value is -1.43. The van der Waals surface area contributed by atoms with Gasteiger partial charge < -0.3 is 14.2 Å². The minimum absolute atomic E-state index is 0.0107. The summed E-state index contributed by atoms with van der Waals surface area (Å²) >= 11 is 0. The molecule has 0 aromatic carbocycles. The number of nitrogens with zero attached hydrogens (tertiary/aromatic N) is 3. The number of carbonyl (C=O) groups is 1. The zero-order valence-electron chi connectivity index (χ0n) is 11.6. The molecule has 1 amide bonds. The van der Waals surface area contributed by atoms with Crippen molar-refractivity contribution in [2.45, 2.75) is 45.1 Å². The number of likely N-dealkylation sites (N-methyl/N-ethyl adjacent to an activating group) is 1. The zero-order valence-corrected chi connectivity index (χ0v) is 11.6. The standard InChI is InChI=1S/C13H21N3O3/c1-10-14-12(15-19-10)9-13(17)16(2)7-6-11-5-3-4-8-18-11/h11H,3-9H2,1-2H3. The molecule has 0 saturated carbocycles. The van der Waals surface area contributed by atoms with Crippen molar-refractivity contribution in [3.8, 4) is 0 Å². The third-order valence-electron chi connectivity index (χ3n) is 3.37. The molecule has 2 rings (SSSR count). The third-order valence-corrected chi connectivity index (χ3v) is 3.37. The molecule has 0 radical (unpaired) electrons. The first kappa shape index (κ1) is 14.0. The highest BCUT2D eigenvalue weighted by atomic mass is 16.5. The lowest BCUT2D eigenvalue weighted by atomic mass is 10.1. The van der Waals surface area contributed by atoms with Crippen molar-refractivity contribution < 1.29 is 14.1 Å². The number of amides is 1. The number of aromatic nitrogens is 2. The second-order valence-corrected chi connectivity index (χ2v) is 5.00. The summed E-state index contributed by atoms with van der Waals surface area (Å²) in [6, 6.07) is 0. The molecule has 6 nitrogen and oxygen atoms in total. The lowest BCUT2D eigenvalue weighted by Crippen LogP contribution is -2.32. The summed E-state index contributed by atoms with van der Waals surface area (Å²) in [5.74, 6) is 0.945. The lowest BCUT2D eigenvalue weighted by molar-refractivity contribution is -0.129. The Kier molecular flexibility index (Phi) is 4.90. The average Bonchev–Trinajstić information content (AvgIpc) is 2.82. The molecular weight excluding hydrogens is 246 g/mol. The van der Waals surface area contributed by atoms with Crippen molar-refractivity contribution in [3.63, 3.8) is 0 Å². The fourth-order valence-electron chi connectivity index (χ4n) is 2.18. The molecule has 106 valence electrons. The predicted octanol–water partition coefficient (Wildman–Crippen LogP) is 1.34. The van der Waals surface area contributed by atoms with Crippen LogP contribution in [0.2, 0.25) is 0 Å². The molecule has 6 heteroatoms. The Morgan fingerprint density at radius 2 is 2.32 bits per heavy atom. The van der Waals surface area contributed by atoms with E-state index in [9.17, 15) is 4.79 Å². The van der Waals surface area contributed by atoms with E-state index < -0.39 is 0 Å². The van der Waals surface area contributed by atoms with Gasteiger partial charge in [0.15, 0.2) is 5.82 Å². The second-order valence-electron chi connectivity index (χ2n) is 5.00. The molecule has 0 aliphatic carbocycles. The summed E-state index contributed by atoms with van der Waals surface area (Å²) < 4.78 is 10.5. The van der Waals surface area contributed by atoms with Crippen LogP contribution in [-0.4, -0.2) is 47.3 Å². The van der Waals surface area contributed by atoms with Gasteiger partial charge in [-0.05, 0) is 25.7 Å². The SMILES string of the molecule is Cc1nc(CC(=O)N(C)CCC2CCCCO2)no1. The van der Waals surface area contributed by atoms with Crippen molar-refractivity contribution in [1.82, 2.24) is 15.0 Å². The van der Waals surface area contributed by atoms with Crippen molar-refractivity contribution >= 4 is 5.91 Å². The number of aryl methyl sites for hydroxylation is 1. The van der Waals surface area contributed by atoms with E-state index in [0.717, 1.165) is 25.9 Å². The Bertz CT molecular complexity index is 413. The largest absolute Gasteiger partial charge is 0.378 e. The molecule has 1 atom stereocenters. The maximum Gasteiger partial charge on any atom is 0.230 e. The summed E-state index contributed by atoms with van der Waals surface area (Å²) in [5.41, 5.74) is 0. The first-order chi connectivity index (χ1) is 9.15. The highest BCUT2D eigenvalue weighted by molar-refractivity contribution is 5.77. The Balaban J connectivity index is 1.72. The van der Waals surface area contributed by atoms with Crippen molar-refractivity contribution in [1.29, 1.82) is 0 Å². The molecule has 1 aliphatic rings. The van der Waals surface area contributed by atoms with Crippen molar-refractivity contribution in [2.75, 3.05) is 20.2 Å². The van der Waals surface area contributed by atoms with Crippen LogP contribution in [0.3, 0.4) is 0 Å². The first-order valence-electron chi connectivity index (χ1n) is 6.80. The van der Waals surface area contributed by atoms with Crippen LogP contribution in [-0.2, 0) is 16.0 Å². The summed E-state index contributed by atoms with van der Waals surface area (Å²) in [6.07, 6.45) is 4.88. The minimum Gasteiger partial charge on any atom is -0.378 e. The summed E-state index contributed by atoms with van der Waals surface area (Å²) in [7, 11) is 1.80. The van der Waals surface area contributed by atoms with E-state index in [0.29, 0.717) is 24.4 Å². The summed E-state index contributed by atoms with van der Waals surface area (Å²) in [6.45, 7) is 3.27. The first-order valence-corrected chi connectivity index (χ1v) is 6.80. The summed E-state index contributed by atoms with van der Waals surface area (Å²) in [5, 5.41) is 3.73. The van der Waals surface area contributed by atoms with E-state index in [1.54, 1.807) is 18.9 Å². The van der Waals surface area contributed by atoms with Crippen LogP contribution >= 0.6 is 0 Å². The highest BCUT2D eigenvalue weighted by Gasteiger charge is 2.17. The molecule has 2 heterocycles. The van der Waals surface area contributed by atoms with Gasteiger partial charge in [-0.3, -0.25) is 4.79 Å². The lowest BCUT2D eigenvalue weighted by Gasteiger charge is -2.25. The molecular formula is C13H21N3O3. The van der Waals surface area contributed by atoms with Crippen LogP contribution in [0.1, 0.15) is 37.4 Å². The molecule has 0 spiro atoms. The van der Waals surface area contributed by atoms with Crippen LogP contribution in [0.25, 0.3) is 0 Å². The number of carbonyl (C=O) groups excluding carboxylic acids is 1. The molecule has 1 aromatic rings. The van der Waals surface area contributed by atoms with Gasteiger partial charge in [-0.1, -0.05) is 5.16 Å². The molecule has 1 saturated heterocycles. The maximum absolute atomic E-state index is 12.0.